The quantitative estimate of drug-likeness (QED) is 0.451. The summed E-state index contributed by atoms with van der Waals surface area (Å²) in [6, 6.07) is 0. The minimum atomic E-state index is -4.16. The van der Waals surface area contributed by atoms with Crippen molar-refractivity contribution in [2.45, 2.75) is 57.3 Å². The predicted molar refractivity (Wildman–Crippen MR) is 44.7 cm³/mol. The number of hydrogen-bond acceptors (Lipinski definition) is 0. The zero-order valence-corrected chi connectivity index (χ0v) is 8.17. The zero-order chi connectivity index (χ0) is 11.9. The van der Waals surface area contributed by atoms with Crippen molar-refractivity contribution in [2.75, 3.05) is 0 Å². The van der Waals surface area contributed by atoms with Crippen molar-refractivity contribution in [3.05, 3.63) is 0 Å². The largest absolute Gasteiger partial charge is 0.389 e. The van der Waals surface area contributed by atoms with Gasteiger partial charge < -0.3 is 0 Å². The summed E-state index contributed by atoms with van der Waals surface area (Å²) in [5.74, 6) is 0. The molecule has 0 heterocycles. The highest BCUT2D eigenvalue weighted by atomic mass is 19.4. The van der Waals surface area contributed by atoms with Crippen LogP contribution in [0.25, 0.3) is 0 Å². The Kier molecular flexibility index (Phi) is 6.76. The molecule has 0 radical (unpaired) electrons. The third kappa shape index (κ3) is 9.87. The lowest BCUT2D eigenvalue weighted by Crippen LogP contribution is -2.11. The molecule has 15 heavy (non-hydrogen) atoms. The Morgan fingerprint density at radius 2 is 1.33 bits per heavy atom. The molecular formula is C9H14F6. The summed E-state index contributed by atoms with van der Waals surface area (Å²) < 4.78 is 70.5. The fourth-order valence-electron chi connectivity index (χ4n) is 1.14. The standard InChI is InChI=1S/C9H14F6/c10-7(8(11)12)5-3-1-2-4-6-9(13,14)15/h7-8H,1-6H2. The molecule has 92 valence electrons. The summed E-state index contributed by atoms with van der Waals surface area (Å²) in [6.07, 6.45) is -9.57. The van der Waals surface area contributed by atoms with Crippen molar-refractivity contribution in [3.63, 3.8) is 0 Å². The van der Waals surface area contributed by atoms with Crippen LogP contribution in [0.15, 0.2) is 0 Å². The van der Waals surface area contributed by atoms with E-state index in [0.717, 1.165) is 0 Å². The molecule has 0 bridgehead atoms. The second kappa shape index (κ2) is 6.95. The van der Waals surface area contributed by atoms with Crippen molar-refractivity contribution in [3.8, 4) is 0 Å². The highest BCUT2D eigenvalue weighted by molar-refractivity contribution is 4.59. The molecule has 1 atom stereocenters. The van der Waals surface area contributed by atoms with Crippen LogP contribution in [0.4, 0.5) is 26.3 Å². The van der Waals surface area contributed by atoms with Crippen LogP contribution < -0.4 is 0 Å². The van der Waals surface area contributed by atoms with Crippen molar-refractivity contribution in [1.29, 1.82) is 0 Å². The molecule has 0 amide bonds. The van der Waals surface area contributed by atoms with Crippen LogP contribution >= 0.6 is 0 Å². The summed E-state index contributed by atoms with van der Waals surface area (Å²) in [6.45, 7) is 0. The van der Waals surface area contributed by atoms with Gasteiger partial charge in [-0.05, 0) is 12.8 Å². The molecule has 0 N–H and O–H groups in total. The molecule has 0 spiro atoms. The fraction of sp³-hybridized carbons (Fsp3) is 1.00. The molecule has 1 unspecified atom stereocenters. The molecule has 0 aromatic rings. The van der Waals surface area contributed by atoms with Crippen LogP contribution in [0.3, 0.4) is 0 Å². The lowest BCUT2D eigenvalue weighted by atomic mass is 10.1. The van der Waals surface area contributed by atoms with Crippen LogP contribution in [0, 0.1) is 0 Å². The summed E-state index contributed by atoms with van der Waals surface area (Å²) >= 11 is 0. The van der Waals surface area contributed by atoms with Crippen molar-refractivity contribution < 1.29 is 26.3 Å². The molecule has 0 saturated carbocycles. The zero-order valence-electron chi connectivity index (χ0n) is 8.17. The van der Waals surface area contributed by atoms with Gasteiger partial charge in [0.05, 0.1) is 0 Å². The van der Waals surface area contributed by atoms with Crippen LogP contribution in [-0.2, 0) is 0 Å². The molecule has 0 aromatic carbocycles. The van der Waals surface area contributed by atoms with Gasteiger partial charge in [-0.2, -0.15) is 13.2 Å². The van der Waals surface area contributed by atoms with Gasteiger partial charge in [-0.1, -0.05) is 19.3 Å². The van der Waals surface area contributed by atoms with E-state index in [2.05, 4.69) is 0 Å². The first-order valence-electron chi connectivity index (χ1n) is 4.82. The van der Waals surface area contributed by atoms with E-state index in [1.807, 2.05) is 0 Å². The van der Waals surface area contributed by atoms with Gasteiger partial charge >= 0.3 is 6.18 Å². The Morgan fingerprint density at radius 3 is 1.80 bits per heavy atom. The van der Waals surface area contributed by atoms with E-state index in [4.69, 9.17) is 0 Å². The minimum Gasteiger partial charge on any atom is -0.241 e. The van der Waals surface area contributed by atoms with Crippen LogP contribution in [0.5, 0.6) is 0 Å². The first-order chi connectivity index (χ1) is 6.83. The van der Waals surface area contributed by atoms with Crippen molar-refractivity contribution >= 4 is 0 Å². The van der Waals surface area contributed by atoms with Crippen LogP contribution in [-0.4, -0.2) is 18.8 Å². The smallest absolute Gasteiger partial charge is 0.241 e. The van der Waals surface area contributed by atoms with Gasteiger partial charge in [0, 0.05) is 6.42 Å². The van der Waals surface area contributed by atoms with Gasteiger partial charge in [0.2, 0.25) is 0 Å². The molecule has 0 aromatic heterocycles. The Bertz CT molecular complexity index is 153. The average molecular weight is 236 g/mol. The van der Waals surface area contributed by atoms with E-state index < -0.39 is 25.2 Å². The molecular weight excluding hydrogens is 222 g/mol. The van der Waals surface area contributed by atoms with Gasteiger partial charge in [0.15, 0.2) is 6.17 Å². The van der Waals surface area contributed by atoms with E-state index in [-0.39, 0.29) is 19.3 Å². The summed E-state index contributed by atoms with van der Waals surface area (Å²) in [5.41, 5.74) is 0. The second-order valence-electron chi connectivity index (χ2n) is 3.42. The number of unbranched alkanes of at least 4 members (excludes halogenated alkanes) is 3. The summed E-state index contributed by atoms with van der Waals surface area (Å²) in [7, 11) is 0. The predicted octanol–water partition coefficient (Wildman–Crippen LogP) is 4.49. The Balaban J connectivity index is 3.26. The Hall–Kier alpha value is -0.420. The van der Waals surface area contributed by atoms with Gasteiger partial charge in [-0.15, -0.1) is 0 Å². The molecule has 0 aliphatic carbocycles. The first kappa shape index (κ1) is 14.6. The maximum atomic E-state index is 12.3. The van der Waals surface area contributed by atoms with Gasteiger partial charge in [0.1, 0.15) is 0 Å². The molecule has 0 nitrogen and oxygen atoms in total. The number of rotatable bonds is 7. The Labute approximate surface area is 84.7 Å². The third-order valence-electron chi connectivity index (χ3n) is 1.96. The molecule has 0 fully saturated rings. The second-order valence-corrected chi connectivity index (χ2v) is 3.42. The topological polar surface area (TPSA) is 0 Å². The Morgan fingerprint density at radius 1 is 0.800 bits per heavy atom. The maximum Gasteiger partial charge on any atom is 0.389 e. The third-order valence-corrected chi connectivity index (χ3v) is 1.96. The summed E-state index contributed by atoms with van der Waals surface area (Å²) in [4.78, 5) is 0. The molecule has 0 rings (SSSR count). The van der Waals surface area contributed by atoms with Crippen molar-refractivity contribution in [1.82, 2.24) is 0 Å². The van der Waals surface area contributed by atoms with Crippen LogP contribution in [0.2, 0.25) is 0 Å². The molecule has 0 aliphatic rings. The van der Waals surface area contributed by atoms with Crippen molar-refractivity contribution in [2.24, 2.45) is 0 Å². The van der Waals surface area contributed by atoms with Crippen LogP contribution in [0.1, 0.15) is 38.5 Å². The molecule has 6 heteroatoms. The monoisotopic (exact) mass is 236 g/mol. The average Bonchev–Trinajstić information content (AvgIpc) is 2.08. The van der Waals surface area contributed by atoms with E-state index in [1.165, 1.54) is 0 Å². The summed E-state index contributed by atoms with van der Waals surface area (Å²) in [5, 5.41) is 0. The maximum absolute atomic E-state index is 12.3. The first-order valence-corrected chi connectivity index (χ1v) is 4.82. The van der Waals surface area contributed by atoms with E-state index in [9.17, 15) is 26.3 Å². The molecule has 0 aliphatic heterocycles. The molecule has 0 saturated heterocycles. The van der Waals surface area contributed by atoms with E-state index >= 15 is 0 Å². The highest BCUT2D eigenvalue weighted by Crippen LogP contribution is 2.23. The fourth-order valence-corrected chi connectivity index (χ4v) is 1.14. The SMILES string of the molecule is FC(F)C(F)CCCCCCC(F)(F)F. The van der Waals surface area contributed by atoms with Gasteiger partial charge in [0.25, 0.3) is 6.43 Å². The van der Waals surface area contributed by atoms with E-state index in [1.54, 1.807) is 0 Å². The van der Waals surface area contributed by atoms with E-state index in [0.29, 0.717) is 12.8 Å². The van der Waals surface area contributed by atoms with Gasteiger partial charge in [-0.3, -0.25) is 0 Å². The highest BCUT2D eigenvalue weighted by Gasteiger charge is 2.25. The lowest BCUT2D eigenvalue weighted by molar-refractivity contribution is -0.135. The normalized spacial score (nSPS) is 14.6. The lowest BCUT2D eigenvalue weighted by Gasteiger charge is -2.07. The van der Waals surface area contributed by atoms with Gasteiger partial charge in [-0.25, -0.2) is 13.2 Å². The number of hydrogen-bond donors (Lipinski definition) is 0. The minimum absolute atomic E-state index is 0.0187. The number of alkyl halides is 6. The number of halogens is 6.